The minimum atomic E-state index is -1.12. The van der Waals surface area contributed by atoms with Gasteiger partial charge in [0.1, 0.15) is 12.6 Å². The monoisotopic (exact) mass is 934 g/mol. The SMILES string of the molecule is CCCCCCCCCC/C=C\CCCCCCCCCCCC(=O)OC(COCCC(C(=O)[O-])[N+](C)(C)C)COC(=O)CCCCCCCCCCCCCCCCCCCCCCC. The number of ether oxygens (including phenoxy) is 3. The standard InChI is InChI=1S/C58H111NO7/c1-6-8-10-12-14-16-18-20-22-24-26-28-30-32-34-36-38-40-42-44-46-48-56(60)65-53-54(52-64-51-50-55(58(62)63)59(3,4)5)66-57(61)49-47-45-43-41-39-37-35-33-31-29-27-25-23-21-19-17-15-13-11-9-7-2/h25,27,54-55H,6-24,26,28-53H2,1-5H3/b27-25-. The first-order valence-electron chi connectivity index (χ1n) is 28.7. The Morgan fingerprint density at radius 3 is 1.09 bits per heavy atom. The van der Waals surface area contributed by atoms with Crippen LogP contribution in [0.25, 0.3) is 0 Å². The Kier molecular flexibility index (Phi) is 48.0. The Hall–Kier alpha value is -1.93. The third-order valence-corrected chi connectivity index (χ3v) is 13.4. The molecule has 8 nitrogen and oxygen atoms in total. The van der Waals surface area contributed by atoms with Gasteiger partial charge in [0.05, 0.1) is 40.3 Å². The molecule has 8 heteroatoms. The molecule has 390 valence electrons. The number of unbranched alkanes of at least 4 members (excludes halogenated alkanes) is 37. The van der Waals surface area contributed by atoms with Crippen molar-refractivity contribution in [1.29, 1.82) is 0 Å². The number of aliphatic carboxylic acids is 1. The summed E-state index contributed by atoms with van der Waals surface area (Å²) in [5, 5.41) is 11.7. The van der Waals surface area contributed by atoms with Gasteiger partial charge in [0.2, 0.25) is 0 Å². The Morgan fingerprint density at radius 2 is 0.758 bits per heavy atom. The van der Waals surface area contributed by atoms with Crippen molar-refractivity contribution in [3.63, 3.8) is 0 Å². The van der Waals surface area contributed by atoms with Gasteiger partial charge in [0.15, 0.2) is 6.10 Å². The molecular formula is C58H111NO7. The molecule has 0 aliphatic rings. The summed E-state index contributed by atoms with van der Waals surface area (Å²) in [6.45, 7) is 4.73. The van der Waals surface area contributed by atoms with Gasteiger partial charge in [-0.3, -0.25) is 9.59 Å². The largest absolute Gasteiger partial charge is 0.544 e. The lowest BCUT2D eigenvalue weighted by Gasteiger charge is -2.34. The van der Waals surface area contributed by atoms with Crippen LogP contribution in [-0.4, -0.2) is 75.5 Å². The fourth-order valence-corrected chi connectivity index (χ4v) is 8.95. The van der Waals surface area contributed by atoms with Crippen LogP contribution in [0, 0.1) is 0 Å². The number of carbonyl (C=O) groups is 3. The molecule has 0 N–H and O–H groups in total. The molecule has 0 fully saturated rings. The maximum absolute atomic E-state index is 12.8. The number of carboxylic acid groups (broad SMARTS) is 1. The number of allylic oxidation sites excluding steroid dienone is 2. The summed E-state index contributed by atoms with van der Waals surface area (Å²) in [4.78, 5) is 37.1. The molecule has 2 atom stereocenters. The zero-order valence-electron chi connectivity index (χ0n) is 44.6. The minimum absolute atomic E-state index is 0.0465. The second-order valence-corrected chi connectivity index (χ2v) is 20.9. The van der Waals surface area contributed by atoms with Crippen molar-refractivity contribution in [2.45, 2.75) is 302 Å². The van der Waals surface area contributed by atoms with E-state index in [0.29, 0.717) is 12.8 Å². The van der Waals surface area contributed by atoms with E-state index in [9.17, 15) is 19.5 Å². The molecular weight excluding hydrogens is 823 g/mol. The zero-order chi connectivity index (χ0) is 48.4. The number of esters is 2. The zero-order valence-corrected chi connectivity index (χ0v) is 44.6. The summed E-state index contributed by atoms with van der Waals surface area (Å²) in [7, 11) is 5.43. The first-order chi connectivity index (χ1) is 32.1. The number of hydrogen-bond acceptors (Lipinski definition) is 7. The van der Waals surface area contributed by atoms with Gasteiger partial charge in [0, 0.05) is 19.3 Å². The highest BCUT2D eigenvalue weighted by Crippen LogP contribution is 2.17. The molecule has 0 amide bonds. The van der Waals surface area contributed by atoms with Gasteiger partial charge in [-0.05, 0) is 38.5 Å². The van der Waals surface area contributed by atoms with Crippen LogP contribution in [0.5, 0.6) is 0 Å². The van der Waals surface area contributed by atoms with Gasteiger partial charge in [-0.25, -0.2) is 0 Å². The molecule has 0 heterocycles. The fourth-order valence-electron chi connectivity index (χ4n) is 8.95. The maximum Gasteiger partial charge on any atom is 0.306 e. The van der Waals surface area contributed by atoms with E-state index in [0.717, 1.165) is 38.5 Å². The molecule has 2 unspecified atom stereocenters. The predicted octanol–water partition coefficient (Wildman–Crippen LogP) is 15.7. The average Bonchev–Trinajstić information content (AvgIpc) is 3.28. The van der Waals surface area contributed by atoms with Gasteiger partial charge >= 0.3 is 11.9 Å². The fraction of sp³-hybridized carbons (Fsp3) is 0.914. The normalized spacial score (nSPS) is 12.8. The van der Waals surface area contributed by atoms with Crippen molar-refractivity contribution in [3.05, 3.63) is 12.2 Å². The summed E-state index contributed by atoms with van der Waals surface area (Å²) < 4.78 is 17.3. The van der Waals surface area contributed by atoms with Gasteiger partial charge in [-0.1, -0.05) is 244 Å². The summed E-state index contributed by atoms with van der Waals surface area (Å²) in [5.41, 5.74) is 0. The smallest absolute Gasteiger partial charge is 0.306 e. The van der Waals surface area contributed by atoms with Crippen LogP contribution in [0.1, 0.15) is 290 Å². The molecule has 0 saturated carbocycles. The van der Waals surface area contributed by atoms with Crippen LogP contribution in [0.3, 0.4) is 0 Å². The van der Waals surface area contributed by atoms with E-state index in [-0.39, 0.29) is 42.7 Å². The molecule has 0 rings (SSSR count). The van der Waals surface area contributed by atoms with Crippen molar-refractivity contribution >= 4 is 17.9 Å². The molecule has 0 spiro atoms. The summed E-state index contributed by atoms with van der Waals surface area (Å²) >= 11 is 0. The number of hydrogen-bond donors (Lipinski definition) is 0. The molecule has 0 aliphatic heterocycles. The summed E-state index contributed by atoms with van der Waals surface area (Å²) in [6, 6.07) is -0.723. The highest BCUT2D eigenvalue weighted by atomic mass is 16.6. The van der Waals surface area contributed by atoms with E-state index in [2.05, 4.69) is 26.0 Å². The van der Waals surface area contributed by atoms with Crippen molar-refractivity contribution in [2.24, 2.45) is 0 Å². The van der Waals surface area contributed by atoms with E-state index in [4.69, 9.17) is 14.2 Å². The molecule has 0 radical (unpaired) electrons. The van der Waals surface area contributed by atoms with Crippen molar-refractivity contribution in [1.82, 2.24) is 0 Å². The number of carbonyl (C=O) groups excluding carboxylic acids is 3. The van der Waals surface area contributed by atoms with E-state index in [1.54, 1.807) is 0 Å². The average molecular weight is 935 g/mol. The first-order valence-corrected chi connectivity index (χ1v) is 28.7. The molecule has 0 saturated heterocycles. The van der Waals surface area contributed by atoms with Gasteiger partial charge in [-0.2, -0.15) is 0 Å². The van der Waals surface area contributed by atoms with Crippen LogP contribution in [0.2, 0.25) is 0 Å². The lowest BCUT2D eigenvalue weighted by atomic mass is 10.0. The van der Waals surface area contributed by atoms with Gasteiger partial charge < -0.3 is 28.6 Å². The van der Waals surface area contributed by atoms with Crippen molar-refractivity contribution in [2.75, 3.05) is 41.0 Å². The number of likely N-dealkylation sites (N-methyl/N-ethyl adjacent to an activating group) is 1. The number of nitrogens with zero attached hydrogens (tertiary/aromatic N) is 1. The minimum Gasteiger partial charge on any atom is -0.544 e. The molecule has 0 aromatic heterocycles. The molecule has 0 aromatic carbocycles. The Bertz CT molecular complexity index is 1090. The van der Waals surface area contributed by atoms with E-state index in [1.165, 1.54) is 218 Å². The Balaban J connectivity index is 4.13. The lowest BCUT2D eigenvalue weighted by molar-refractivity contribution is -0.889. The molecule has 0 bridgehead atoms. The van der Waals surface area contributed by atoms with Crippen LogP contribution in [0.15, 0.2) is 12.2 Å². The lowest BCUT2D eigenvalue weighted by Crippen LogP contribution is -2.55. The topological polar surface area (TPSA) is 102 Å². The highest BCUT2D eigenvalue weighted by Gasteiger charge is 2.25. The summed E-state index contributed by atoms with van der Waals surface area (Å²) in [6.07, 6.45) is 56.8. The van der Waals surface area contributed by atoms with Crippen LogP contribution in [0.4, 0.5) is 0 Å². The van der Waals surface area contributed by atoms with E-state index < -0.39 is 18.1 Å². The molecule has 66 heavy (non-hydrogen) atoms. The van der Waals surface area contributed by atoms with E-state index in [1.807, 2.05) is 21.1 Å². The van der Waals surface area contributed by atoms with E-state index >= 15 is 0 Å². The second kappa shape index (κ2) is 49.5. The number of rotatable bonds is 53. The van der Waals surface area contributed by atoms with Crippen molar-refractivity contribution < 1.29 is 38.2 Å². The van der Waals surface area contributed by atoms with Crippen LogP contribution in [-0.2, 0) is 28.6 Å². The Labute approximate surface area is 409 Å². The van der Waals surface area contributed by atoms with Crippen LogP contribution >= 0.6 is 0 Å². The maximum atomic E-state index is 12.8. The second-order valence-electron chi connectivity index (χ2n) is 20.9. The third-order valence-electron chi connectivity index (χ3n) is 13.4. The van der Waals surface area contributed by atoms with Crippen molar-refractivity contribution in [3.8, 4) is 0 Å². The first kappa shape index (κ1) is 64.1. The summed E-state index contributed by atoms with van der Waals surface area (Å²) in [5.74, 6) is -1.71. The quantitative estimate of drug-likeness (QED) is 0.0259. The highest BCUT2D eigenvalue weighted by molar-refractivity contribution is 5.70. The van der Waals surface area contributed by atoms with Gasteiger partial charge in [-0.15, -0.1) is 0 Å². The van der Waals surface area contributed by atoms with Gasteiger partial charge in [0.25, 0.3) is 0 Å². The third kappa shape index (κ3) is 47.1. The molecule has 0 aromatic rings. The Morgan fingerprint density at radius 1 is 0.439 bits per heavy atom. The number of quaternary nitrogens is 1. The van der Waals surface area contributed by atoms with Crippen LogP contribution < -0.4 is 5.11 Å². The molecule has 0 aliphatic carbocycles. The predicted molar refractivity (Wildman–Crippen MR) is 278 cm³/mol. The number of carboxylic acids is 1.